The molecule has 0 aliphatic carbocycles. The highest BCUT2D eigenvalue weighted by Gasteiger charge is 2.40. The molecule has 0 radical (unpaired) electrons. The number of nitrogens with zero attached hydrogens (tertiary/aromatic N) is 3. The molecule has 0 bridgehead atoms. The molecule has 7 nitrogen and oxygen atoms in total. The van der Waals surface area contributed by atoms with Crippen molar-refractivity contribution >= 4 is 40.4 Å². The molecule has 0 saturated carbocycles. The first kappa shape index (κ1) is 26.1. The smallest absolute Gasteiger partial charge is 0.166 e. The van der Waals surface area contributed by atoms with E-state index in [0.29, 0.717) is 57.3 Å². The van der Waals surface area contributed by atoms with Gasteiger partial charge < -0.3 is 20.7 Å². The zero-order valence-corrected chi connectivity index (χ0v) is 22.1. The lowest BCUT2D eigenvalue weighted by molar-refractivity contribution is 0.227. The minimum Gasteiger partial charge on any atom is -0.486 e. The maximum Gasteiger partial charge on any atom is 0.166 e. The number of aromatic nitrogens is 2. The van der Waals surface area contributed by atoms with Crippen LogP contribution in [-0.4, -0.2) is 40.3 Å². The predicted molar refractivity (Wildman–Crippen MR) is 143 cm³/mol. The molecule has 1 fully saturated rings. The fraction of sp³-hybridized carbons (Fsp3) is 0.346. The summed E-state index contributed by atoms with van der Waals surface area (Å²) in [6, 6.07) is 6.64. The van der Waals surface area contributed by atoms with Crippen molar-refractivity contribution in [2.75, 3.05) is 23.7 Å². The van der Waals surface area contributed by atoms with Crippen molar-refractivity contribution in [1.29, 1.82) is 5.41 Å². The molecule has 4 rings (SSSR count). The zero-order chi connectivity index (χ0) is 26.2. The van der Waals surface area contributed by atoms with Crippen molar-refractivity contribution < 1.29 is 9.13 Å². The lowest BCUT2D eigenvalue weighted by Crippen LogP contribution is -2.69. The highest BCUT2D eigenvalue weighted by molar-refractivity contribution is 6.35. The molecule has 0 amide bonds. The zero-order valence-electron chi connectivity index (χ0n) is 20.6. The Labute approximate surface area is 220 Å². The summed E-state index contributed by atoms with van der Waals surface area (Å²) in [5.41, 5.74) is 7.81. The molecule has 1 aliphatic heterocycles. The van der Waals surface area contributed by atoms with E-state index in [4.69, 9.17) is 39.1 Å². The lowest BCUT2D eigenvalue weighted by Gasteiger charge is -2.50. The molecule has 2 aromatic heterocycles. The van der Waals surface area contributed by atoms with Crippen LogP contribution >= 0.6 is 23.2 Å². The lowest BCUT2D eigenvalue weighted by atomic mass is 9.91. The van der Waals surface area contributed by atoms with Crippen LogP contribution < -0.4 is 20.7 Å². The van der Waals surface area contributed by atoms with Crippen molar-refractivity contribution in [2.45, 2.75) is 45.4 Å². The summed E-state index contributed by atoms with van der Waals surface area (Å²) < 4.78 is 21.1. The number of pyridine rings is 2. The third-order valence-electron chi connectivity index (χ3n) is 6.03. The van der Waals surface area contributed by atoms with Crippen molar-refractivity contribution in [3.63, 3.8) is 0 Å². The Balaban J connectivity index is 1.52. The first-order valence-electron chi connectivity index (χ1n) is 11.6. The van der Waals surface area contributed by atoms with Crippen molar-refractivity contribution in [2.24, 2.45) is 0 Å². The topological polar surface area (TPSA) is 100 Å². The molecular formula is C26H29Cl2FN6O. The average molecular weight is 531 g/mol. The molecular weight excluding hydrogens is 502 g/mol. The van der Waals surface area contributed by atoms with Crippen LogP contribution in [0.4, 0.5) is 15.9 Å². The number of ether oxygens (including phenoxy) is 1. The maximum atomic E-state index is 15.0. The summed E-state index contributed by atoms with van der Waals surface area (Å²) >= 11 is 12.5. The minimum absolute atomic E-state index is 0.0402. The number of nitrogens with one attached hydrogen (secondary N) is 2. The number of nitrogen functional groups attached to an aromatic ring is 1. The number of hydrogen-bond donors (Lipinski definition) is 3. The third-order valence-corrected chi connectivity index (χ3v) is 6.63. The molecule has 1 aliphatic rings. The Morgan fingerprint density at radius 2 is 1.83 bits per heavy atom. The molecule has 0 spiro atoms. The van der Waals surface area contributed by atoms with Crippen LogP contribution in [0.2, 0.25) is 10.0 Å². The molecule has 190 valence electrons. The quantitative estimate of drug-likeness (QED) is 0.257. The molecule has 1 saturated heterocycles. The number of rotatable bonds is 8. The maximum absolute atomic E-state index is 15.0. The Hall–Kier alpha value is -2.94. The SMILES string of the molecule is CC(C)NC1(C)CN(c2ncc(C(=N)c3cc(O[C@H](C)c4c(Cl)cncc4Cl)ccc3N)cc2F)C1. The van der Waals surface area contributed by atoms with Crippen LogP contribution in [0.25, 0.3) is 0 Å². The van der Waals surface area contributed by atoms with E-state index in [2.05, 4.69) is 36.1 Å². The standard InChI is InChI=1S/C26H29Cl2FN6O/c1-14(2)34-26(4)12-35(13-26)25-21(29)7-16(9-33-25)24(31)18-8-17(5-6-22(18)30)36-15(3)23-19(27)10-32-11-20(23)28/h5-11,14-15,31,34H,12-13,30H2,1-4H3/t15-/m1/s1. The van der Waals surface area contributed by atoms with Crippen LogP contribution in [0.5, 0.6) is 5.75 Å². The van der Waals surface area contributed by atoms with E-state index in [-0.39, 0.29) is 17.1 Å². The fourth-order valence-corrected chi connectivity index (χ4v) is 5.26. The van der Waals surface area contributed by atoms with E-state index in [1.54, 1.807) is 18.2 Å². The van der Waals surface area contributed by atoms with Gasteiger partial charge in [-0.05, 0) is 38.1 Å². The van der Waals surface area contributed by atoms with Crippen molar-refractivity contribution in [1.82, 2.24) is 15.3 Å². The van der Waals surface area contributed by atoms with E-state index in [0.717, 1.165) is 0 Å². The van der Waals surface area contributed by atoms with Gasteiger partial charge in [0.05, 0.1) is 21.3 Å². The summed E-state index contributed by atoms with van der Waals surface area (Å²) in [5.74, 6) is 0.257. The molecule has 4 N–H and O–H groups in total. The summed E-state index contributed by atoms with van der Waals surface area (Å²) in [6.07, 6.45) is 4.02. The second-order valence-corrected chi connectivity index (χ2v) is 10.5. The van der Waals surface area contributed by atoms with Gasteiger partial charge >= 0.3 is 0 Å². The number of nitrogens with two attached hydrogens (primary N) is 1. The second kappa shape index (κ2) is 10.2. The average Bonchev–Trinajstić information content (AvgIpc) is 2.77. The fourth-order valence-electron chi connectivity index (χ4n) is 4.59. The van der Waals surface area contributed by atoms with Crippen LogP contribution in [0.15, 0.2) is 42.9 Å². The molecule has 36 heavy (non-hydrogen) atoms. The number of halogens is 3. The van der Waals surface area contributed by atoms with Gasteiger partial charge in [-0.1, -0.05) is 37.0 Å². The molecule has 1 atom stereocenters. The Bertz CT molecular complexity index is 1280. The number of benzene rings is 1. The highest BCUT2D eigenvalue weighted by Crippen LogP contribution is 2.34. The summed E-state index contributed by atoms with van der Waals surface area (Å²) in [4.78, 5) is 10.2. The number of anilines is 2. The van der Waals surface area contributed by atoms with Crippen LogP contribution in [0.3, 0.4) is 0 Å². The third kappa shape index (κ3) is 5.40. The molecule has 1 aromatic carbocycles. The van der Waals surface area contributed by atoms with Gasteiger partial charge in [-0.15, -0.1) is 0 Å². The van der Waals surface area contributed by atoms with Crippen molar-refractivity contribution in [3.05, 3.63) is 75.4 Å². The predicted octanol–water partition coefficient (Wildman–Crippen LogP) is 5.64. The van der Waals surface area contributed by atoms with E-state index in [1.807, 2.05) is 11.8 Å². The van der Waals surface area contributed by atoms with Crippen LogP contribution in [-0.2, 0) is 0 Å². The monoisotopic (exact) mass is 530 g/mol. The van der Waals surface area contributed by atoms with Gasteiger partial charge in [0.15, 0.2) is 11.6 Å². The normalized spacial score (nSPS) is 15.5. The van der Waals surface area contributed by atoms with Gasteiger partial charge in [0, 0.05) is 60.1 Å². The van der Waals surface area contributed by atoms with Gasteiger partial charge in [0.25, 0.3) is 0 Å². The largest absolute Gasteiger partial charge is 0.486 e. The van der Waals surface area contributed by atoms with Crippen LogP contribution in [0, 0.1) is 11.2 Å². The van der Waals surface area contributed by atoms with Gasteiger partial charge in [-0.2, -0.15) is 0 Å². The molecule has 3 heterocycles. The van der Waals surface area contributed by atoms with Gasteiger partial charge in [0.1, 0.15) is 11.9 Å². The van der Waals surface area contributed by atoms with E-state index in [1.165, 1.54) is 24.7 Å². The first-order chi connectivity index (χ1) is 17.0. The van der Waals surface area contributed by atoms with Crippen LogP contribution in [0.1, 0.15) is 50.5 Å². The van der Waals surface area contributed by atoms with Gasteiger partial charge in [-0.3, -0.25) is 10.4 Å². The Morgan fingerprint density at radius 3 is 2.44 bits per heavy atom. The minimum atomic E-state index is -0.482. The molecule has 10 heteroatoms. The van der Waals surface area contributed by atoms with Gasteiger partial charge in [-0.25, -0.2) is 9.37 Å². The summed E-state index contributed by atoms with van der Waals surface area (Å²) in [5, 5.41) is 13.0. The van der Waals surface area contributed by atoms with E-state index in [9.17, 15) is 0 Å². The van der Waals surface area contributed by atoms with Gasteiger partial charge in [0.2, 0.25) is 0 Å². The van der Waals surface area contributed by atoms with E-state index < -0.39 is 11.9 Å². The Morgan fingerprint density at radius 1 is 1.17 bits per heavy atom. The summed E-state index contributed by atoms with van der Waals surface area (Å²) in [6.45, 7) is 9.40. The first-order valence-corrected chi connectivity index (χ1v) is 12.4. The molecule has 3 aromatic rings. The summed E-state index contributed by atoms with van der Waals surface area (Å²) in [7, 11) is 0. The van der Waals surface area contributed by atoms with E-state index >= 15 is 4.39 Å². The number of hydrogen-bond acceptors (Lipinski definition) is 7. The van der Waals surface area contributed by atoms with Crippen molar-refractivity contribution in [3.8, 4) is 5.75 Å². The highest BCUT2D eigenvalue weighted by atomic mass is 35.5. The second-order valence-electron chi connectivity index (χ2n) is 9.65. The Kier molecular flexibility index (Phi) is 7.41. The molecule has 0 unspecified atom stereocenters.